The molecule has 0 radical (unpaired) electrons. The highest BCUT2D eigenvalue weighted by atomic mass is 19.4. The molecule has 0 bridgehead atoms. The molecule has 0 saturated heterocycles. The van der Waals surface area contributed by atoms with Crippen LogP contribution in [0.1, 0.15) is 19.4 Å². The van der Waals surface area contributed by atoms with Crippen LogP contribution in [0, 0.1) is 0 Å². The molecule has 0 N–H and O–H groups in total. The van der Waals surface area contributed by atoms with Gasteiger partial charge in [-0.15, -0.1) is 0 Å². The summed E-state index contributed by atoms with van der Waals surface area (Å²) in [6, 6.07) is 8.94. The maximum atomic E-state index is 12.4. The van der Waals surface area contributed by atoms with Crippen LogP contribution in [0.25, 0.3) is 0 Å². The Morgan fingerprint density at radius 1 is 1.05 bits per heavy atom. The first kappa shape index (κ1) is 15.2. The topological polar surface area (TPSA) is 31.4 Å². The highest BCUT2D eigenvalue weighted by Crippen LogP contribution is 2.30. The van der Waals surface area contributed by atoms with Crippen molar-refractivity contribution in [3.05, 3.63) is 48.2 Å². The zero-order chi connectivity index (χ0) is 15.5. The second-order valence-corrected chi connectivity index (χ2v) is 4.63. The summed E-state index contributed by atoms with van der Waals surface area (Å²) in [6.45, 7) is 3.79. The summed E-state index contributed by atoms with van der Waals surface area (Å²) in [7, 11) is 0. The Kier molecular flexibility index (Phi) is 4.35. The predicted octanol–water partition coefficient (Wildman–Crippen LogP) is 4.68. The summed E-state index contributed by atoms with van der Waals surface area (Å²) in [5, 5.41) is 0. The molecule has 0 fully saturated rings. The Hall–Kier alpha value is -2.24. The second-order valence-electron chi connectivity index (χ2n) is 4.63. The lowest BCUT2D eigenvalue weighted by atomic mass is 10.3. The molecule has 0 atom stereocenters. The molecule has 0 aliphatic rings. The zero-order valence-corrected chi connectivity index (χ0v) is 11.5. The Balaban J connectivity index is 2.11. The van der Waals surface area contributed by atoms with Gasteiger partial charge in [0.15, 0.2) is 0 Å². The second kappa shape index (κ2) is 6.03. The summed E-state index contributed by atoms with van der Waals surface area (Å²) in [6.07, 6.45) is -3.65. The van der Waals surface area contributed by atoms with Crippen LogP contribution in [0.15, 0.2) is 42.6 Å². The zero-order valence-electron chi connectivity index (χ0n) is 11.5. The van der Waals surface area contributed by atoms with Gasteiger partial charge in [-0.05, 0) is 32.0 Å². The fraction of sp³-hybridized carbons (Fsp3) is 0.267. The fourth-order valence-corrected chi connectivity index (χ4v) is 1.61. The summed E-state index contributed by atoms with van der Waals surface area (Å²) < 4.78 is 48.2. The standard InChI is InChI=1S/C15H14F3NO2/c1-10(2)20-12-4-3-5-13(8-12)21-14-7-6-11(9-19-14)15(16,17)18/h3-10H,1-2H3. The molecule has 1 heterocycles. The number of pyridine rings is 1. The molecule has 0 saturated carbocycles. The Morgan fingerprint density at radius 2 is 1.76 bits per heavy atom. The van der Waals surface area contributed by atoms with E-state index in [1.807, 2.05) is 13.8 Å². The van der Waals surface area contributed by atoms with Crippen molar-refractivity contribution in [1.82, 2.24) is 4.98 Å². The first-order chi connectivity index (χ1) is 9.84. The van der Waals surface area contributed by atoms with E-state index in [0.29, 0.717) is 11.5 Å². The van der Waals surface area contributed by atoms with Gasteiger partial charge in [-0.2, -0.15) is 13.2 Å². The van der Waals surface area contributed by atoms with Crippen molar-refractivity contribution >= 4 is 0 Å². The Morgan fingerprint density at radius 3 is 2.33 bits per heavy atom. The number of ether oxygens (including phenoxy) is 2. The number of hydrogen-bond acceptors (Lipinski definition) is 3. The number of halogens is 3. The first-order valence-corrected chi connectivity index (χ1v) is 6.32. The van der Waals surface area contributed by atoms with Gasteiger partial charge in [0.2, 0.25) is 5.88 Å². The van der Waals surface area contributed by atoms with Crippen LogP contribution in [-0.4, -0.2) is 11.1 Å². The van der Waals surface area contributed by atoms with Gasteiger partial charge < -0.3 is 9.47 Å². The van der Waals surface area contributed by atoms with E-state index in [4.69, 9.17) is 9.47 Å². The minimum Gasteiger partial charge on any atom is -0.491 e. The molecule has 2 aromatic rings. The molecule has 112 valence electrons. The molecule has 1 aromatic carbocycles. The van der Waals surface area contributed by atoms with Crippen LogP contribution < -0.4 is 9.47 Å². The number of alkyl halides is 3. The van der Waals surface area contributed by atoms with Crippen molar-refractivity contribution < 1.29 is 22.6 Å². The monoisotopic (exact) mass is 297 g/mol. The molecule has 6 heteroatoms. The lowest BCUT2D eigenvalue weighted by Crippen LogP contribution is -2.05. The SMILES string of the molecule is CC(C)Oc1cccc(Oc2ccc(C(F)(F)F)cn2)c1. The number of hydrogen-bond donors (Lipinski definition) is 0. The maximum absolute atomic E-state index is 12.4. The van der Waals surface area contributed by atoms with Crippen molar-refractivity contribution in [3.63, 3.8) is 0 Å². The van der Waals surface area contributed by atoms with E-state index < -0.39 is 11.7 Å². The van der Waals surface area contributed by atoms with Crippen LogP contribution in [0.3, 0.4) is 0 Å². The first-order valence-electron chi connectivity index (χ1n) is 6.32. The number of rotatable bonds is 4. The molecular weight excluding hydrogens is 283 g/mol. The summed E-state index contributed by atoms with van der Waals surface area (Å²) in [5.74, 6) is 1.15. The Labute approximate surface area is 120 Å². The smallest absolute Gasteiger partial charge is 0.417 e. The lowest BCUT2D eigenvalue weighted by Gasteiger charge is -2.11. The highest BCUT2D eigenvalue weighted by molar-refractivity contribution is 5.35. The fourth-order valence-electron chi connectivity index (χ4n) is 1.61. The summed E-state index contributed by atoms with van der Waals surface area (Å²) >= 11 is 0. The Bertz CT molecular complexity index is 595. The van der Waals surface area contributed by atoms with Crippen molar-refractivity contribution in [2.75, 3.05) is 0 Å². The lowest BCUT2D eigenvalue weighted by molar-refractivity contribution is -0.137. The van der Waals surface area contributed by atoms with Gasteiger partial charge in [-0.3, -0.25) is 0 Å². The third kappa shape index (κ3) is 4.37. The molecule has 0 aliphatic heterocycles. The van der Waals surface area contributed by atoms with E-state index in [0.717, 1.165) is 12.3 Å². The molecular formula is C15H14F3NO2. The predicted molar refractivity (Wildman–Crippen MR) is 71.5 cm³/mol. The molecule has 3 nitrogen and oxygen atoms in total. The van der Waals surface area contributed by atoms with Crippen molar-refractivity contribution in [2.45, 2.75) is 26.1 Å². The van der Waals surface area contributed by atoms with E-state index in [2.05, 4.69) is 4.98 Å². The molecule has 2 rings (SSSR count). The molecule has 0 amide bonds. The molecule has 0 unspecified atom stereocenters. The summed E-state index contributed by atoms with van der Waals surface area (Å²) in [5.41, 5.74) is -0.813. The number of nitrogens with zero attached hydrogens (tertiary/aromatic N) is 1. The van der Waals surface area contributed by atoms with E-state index >= 15 is 0 Å². The van der Waals surface area contributed by atoms with Gasteiger partial charge in [0.1, 0.15) is 11.5 Å². The van der Waals surface area contributed by atoms with E-state index in [-0.39, 0.29) is 12.0 Å². The van der Waals surface area contributed by atoms with Crippen LogP contribution in [0.2, 0.25) is 0 Å². The summed E-state index contributed by atoms with van der Waals surface area (Å²) in [4.78, 5) is 3.65. The van der Waals surface area contributed by atoms with Crippen LogP contribution in [-0.2, 0) is 6.18 Å². The van der Waals surface area contributed by atoms with Gasteiger partial charge in [-0.25, -0.2) is 4.98 Å². The van der Waals surface area contributed by atoms with Crippen molar-refractivity contribution in [2.24, 2.45) is 0 Å². The molecule has 21 heavy (non-hydrogen) atoms. The van der Waals surface area contributed by atoms with Crippen molar-refractivity contribution in [1.29, 1.82) is 0 Å². The van der Waals surface area contributed by atoms with Crippen LogP contribution in [0.5, 0.6) is 17.4 Å². The normalized spacial score (nSPS) is 11.5. The molecule has 1 aromatic heterocycles. The van der Waals surface area contributed by atoms with Gasteiger partial charge in [0, 0.05) is 18.3 Å². The van der Waals surface area contributed by atoms with Gasteiger partial charge in [0.25, 0.3) is 0 Å². The minimum atomic E-state index is -4.41. The number of benzene rings is 1. The van der Waals surface area contributed by atoms with Crippen LogP contribution >= 0.6 is 0 Å². The third-order valence-corrected chi connectivity index (χ3v) is 2.46. The van der Waals surface area contributed by atoms with Gasteiger partial charge >= 0.3 is 6.18 Å². The molecule has 0 aliphatic carbocycles. The van der Waals surface area contributed by atoms with Crippen LogP contribution in [0.4, 0.5) is 13.2 Å². The van der Waals surface area contributed by atoms with E-state index in [1.165, 1.54) is 6.07 Å². The van der Waals surface area contributed by atoms with Gasteiger partial charge in [0.05, 0.1) is 11.7 Å². The van der Waals surface area contributed by atoms with E-state index in [1.54, 1.807) is 24.3 Å². The highest BCUT2D eigenvalue weighted by Gasteiger charge is 2.30. The largest absolute Gasteiger partial charge is 0.491 e. The minimum absolute atomic E-state index is 0.0180. The average Bonchev–Trinajstić information content (AvgIpc) is 2.38. The van der Waals surface area contributed by atoms with E-state index in [9.17, 15) is 13.2 Å². The van der Waals surface area contributed by atoms with Crippen molar-refractivity contribution in [3.8, 4) is 17.4 Å². The quantitative estimate of drug-likeness (QED) is 0.821. The molecule has 0 spiro atoms. The van der Waals surface area contributed by atoms with Gasteiger partial charge in [-0.1, -0.05) is 6.07 Å². The third-order valence-electron chi connectivity index (χ3n) is 2.46. The maximum Gasteiger partial charge on any atom is 0.417 e. The average molecular weight is 297 g/mol. The number of aromatic nitrogens is 1.